The highest BCUT2D eigenvalue weighted by atomic mass is 17.3. The van der Waals surface area contributed by atoms with Crippen molar-refractivity contribution < 1.29 is 58.2 Å². The van der Waals surface area contributed by atoms with E-state index in [4.69, 9.17) is 48.6 Å². The quantitative estimate of drug-likeness (QED) is 0.0962. The van der Waals surface area contributed by atoms with Gasteiger partial charge in [-0.25, -0.2) is 29.1 Å². The summed E-state index contributed by atoms with van der Waals surface area (Å²) in [5.74, 6) is -3.86. The number of hydrogen-bond acceptors (Lipinski definition) is 12. The summed E-state index contributed by atoms with van der Waals surface area (Å²) < 4.78 is 11.0. The molecule has 0 heterocycles. The summed E-state index contributed by atoms with van der Waals surface area (Å²) in [6.45, 7) is 30.3. The molecule has 14 heteroatoms. The minimum atomic E-state index is -1.41. The number of amides is 2. The van der Waals surface area contributed by atoms with Crippen molar-refractivity contribution in [3.63, 3.8) is 0 Å². The van der Waals surface area contributed by atoms with E-state index in [1.54, 1.807) is 52.8 Å². The van der Waals surface area contributed by atoms with Gasteiger partial charge >= 0.3 is 12.2 Å². The Bertz CT molecular complexity index is 1160. The number of benzene rings is 1. The fourth-order valence-corrected chi connectivity index (χ4v) is 3.03. The predicted octanol–water partition coefficient (Wildman–Crippen LogP) is 8.78. The maximum absolute atomic E-state index is 12.8. The van der Waals surface area contributed by atoms with Crippen molar-refractivity contribution in [3.05, 3.63) is 23.8 Å². The van der Waals surface area contributed by atoms with Crippen LogP contribution in [0.25, 0.3) is 0 Å². The van der Waals surface area contributed by atoms with E-state index in [9.17, 15) is 9.59 Å². The summed E-state index contributed by atoms with van der Waals surface area (Å²) in [7, 11) is 0. The molecule has 1 aromatic carbocycles. The number of carbonyl (C=O) groups excluding carboxylic acids is 2. The monoisotopic (exact) mass is 702 g/mol. The van der Waals surface area contributed by atoms with Crippen molar-refractivity contribution in [1.29, 1.82) is 0 Å². The fraction of sp³-hybridized carbons (Fsp3) is 0.771. The molecule has 0 spiro atoms. The van der Waals surface area contributed by atoms with E-state index in [2.05, 4.69) is 10.6 Å². The number of rotatable bonds is 16. The maximum atomic E-state index is 12.8. The van der Waals surface area contributed by atoms with Gasteiger partial charge in [0.15, 0.2) is 0 Å². The van der Waals surface area contributed by atoms with Crippen LogP contribution in [0.1, 0.15) is 116 Å². The van der Waals surface area contributed by atoms with Gasteiger partial charge < -0.3 is 9.47 Å². The summed E-state index contributed by atoms with van der Waals surface area (Å²) in [6, 6.07) is 4.99. The molecule has 284 valence electrons. The van der Waals surface area contributed by atoms with E-state index in [1.807, 2.05) is 83.1 Å². The largest absolute Gasteiger partial charge is 0.449 e. The van der Waals surface area contributed by atoms with E-state index in [1.165, 1.54) is 0 Å². The third-order valence-electron chi connectivity index (χ3n) is 6.27. The summed E-state index contributed by atoms with van der Waals surface area (Å²) in [5, 5.41) is 5.37. The first kappa shape index (κ1) is 44.5. The first-order chi connectivity index (χ1) is 22.0. The molecule has 0 bridgehead atoms. The lowest BCUT2D eigenvalue weighted by molar-refractivity contribution is -0.546. The molecule has 0 saturated heterocycles. The molecule has 0 aliphatic rings. The zero-order valence-electron chi connectivity index (χ0n) is 32.7. The van der Waals surface area contributed by atoms with Crippen LogP contribution in [0.3, 0.4) is 0 Å². The van der Waals surface area contributed by atoms with Gasteiger partial charge in [-0.2, -0.15) is 19.6 Å². The molecule has 14 nitrogen and oxygen atoms in total. The molecule has 1 aromatic rings. The van der Waals surface area contributed by atoms with Crippen LogP contribution in [0.15, 0.2) is 18.2 Å². The normalized spacial score (nSPS) is 14.6. The molecule has 2 N–H and O–H groups in total. The molecular formula is C35H62N2O12. The Labute approximate surface area is 292 Å². The number of aryl methyl sites for hydroxylation is 1. The standard InChI is InChI=1S/C35H62N2O12/c1-23-18-19-26(36-28(38)40-21-24(2)34(16,46-42-30(4,5)6)47-43-31(7,8)9)20-27(23)37-29(39)41-22-25(3)35(17,48-44-32(10,11)12)49-45-33(13,14)15/h18-20,24-25H,21-22H2,1-17H3,(H,36,38)(H,37,39). The van der Waals surface area contributed by atoms with Gasteiger partial charge in [-0.05, 0) is 122 Å². The van der Waals surface area contributed by atoms with Crippen molar-refractivity contribution in [2.24, 2.45) is 11.8 Å². The van der Waals surface area contributed by atoms with E-state index >= 15 is 0 Å². The van der Waals surface area contributed by atoms with E-state index in [0.29, 0.717) is 11.4 Å². The Morgan fingerprint density at radius 1 is 0.551 bits per heavy atom. The van der Waals surface area contributed by atoms with Gasteiger partial charge in [-0.15, -0.1) is 0 Å². The summed E-state index contributed by atoms with van der Waals surface area (Å²) >= 11 is 0. The van der Waals surface area contributed by atoms with Crippen molar-refractivity contribution in [2.75, 3.05) is 23.8 Å². The van der Waals surface area contributed by atoms with Crippen LogP contribution in [0, 0.1) is 18.8 Å². The van der Waals surface area contributed by atoms with Gasteiger partial charge in [0, 0.05) is 11.4 Å². The molecule has 2 atom stereocenters. The van der Waals surface area contributed by atoms with Crippen LogP contribution in [0.5, 0.6) is 0 Å². The minimum absolute atomic E-state index is 0.0984. The highest BCUT2D eigenvalue weighted by Gasteiger charge is 2.41. The lowest BCUT2D eigenvalue weighted by Crippen LogP contribution is -2.45. The van der Waals surface area contributed by atoms with Gasteiger partial charge in [-0.1, -0.05) is 19.9 Å². The van der Waals surface area contributed by atoms with Gasteiger partial charge in [-0.3, -0.25) is 10.6 Å². The van der Waals surface area contributed by atoms with Crippen LogP contribution in [-0.4, -0.2) is 59.4 Å². The van der Waals surface area contributed by atoms with E-state index < -0.39 is 58.0 Å². The maximum Gasteiger partial charge on any atom is 0.411 e. The molecule has 49 heavy (non-hydrogen) atoms. The molecular weight excluding hydrogens is 640 g/mol. The van der Waals surface area contributed by atoms with Crippen molar-refractivity contribution in [2.45, 2.75) is 152 Å². The molecule has 2 amide bonds. The number of nitrogens with one attached hydrogen (secondary N) is 2. The second-order valence-electron chi connectivity index (χ2n) is 16.4. The van der Waals surface area contributed by atoms with Gasteiger partial charge in [0.2, 0.25) is 11.6 Å². The molecule has 1 rings (SSSR count). The van der Waals surface area contributed by atoms with Crippen LogP contribution in [-0.2, 0) is 48.6 Å². The van der Waals surface area contributed by atoms with Crippen molar-refractivity contribution in [1.82, 2.24) is 0 Å². The SMILES string of the molecule is Cc1ccc(NC(=O)OCC(C)C(C)(OOC(C)(C)C)OOC(C)(C)C)cc1NC(=O)OCC(C)C(C)(OOC(C)(C)C)OOC(C)(C)C. The van der Waals surface area contributed by atoms with Crippen molar-refractivity contribution >= 4 is 23.6 Å². The highest BCUT2D eigenvalue weighted by Crippen LogP contribution is 2.31. The molecule has 0 fully saturated rings. The third kappa shape index (κ3) is 18.3. The van der Waals surface area contributed by atoms with Crippen LogP contribution >= 0.6 is 0 Å². The molecule has 0 radical (unpaired) electrons. The van der Waals surface area contributed by atoms with Crippen LogP contribution < -0.4 is 10.6 Å². The zero-order valence-corrected chi connectivity index (χ0v) is 32.7. The lowest BCUT2D eigenvalue weighted by Gasteiger charge is -2.36. The second kappa shape index (κ2) is 17.6. The molecule has 2 unspecified atom stereocenters. The van der Waals surface area contributed by atoms with Crippen molar-refractivity contribution in [3.8, 4) is 0 Å². The first-order valence-electron chi connectivity index (χ1n) is 16.5. The van der Waals surface area contributed by atoms with Crippen LogP contribution in [0.2, 0.25) is 0 Å². The Hall–Kier alpha value is -2.56. The highest BCUT2D eigenvalue weighted by molar-refractivity contribution is 5.89. The minimum Gasteiger partial charge on any atom is -0.449 e. The number of carbonyl (C=O) groups is 2. The van der Waals surface area contributed by atoms with Crippen LogP contribution in [0.4, 0.5) is 21.0 Å². The predicted molar refractivity (Wildman–Crippen MR) is 184 cm³/mol. The molecule has 0 aliphatic carbocycles. The smallest absolute Gasteiger partial charge is 0.411 e. The Morgan fingerprint density at radius 2 is 0.878 bits per heavy atom. The zero-order chi connectivity index (χ0) is 38.1. The second-order valence-corrected chi connectivity index (χ2v) is 16.4. The number of hydrogen-bond donors (Lipinski definition) is 2. The topological polar surface area (TPSA) is 150 Å². The number of ether oxygens (including phenoxy) is 2. The first-order valence-corrected chi connectivity index (χ1v) is 16.5. The van der Waals surface area contributed by atoms with Gasteiger partial charge in [0.05, 0.1) is 34.2 Å². The number of anilines is 2. The van der Waals surface area contributed by atoms with Gasteiger partial charge in [0.1, 0.15) is 13.2 Å². The summed E-state index contributed by atoms with van der Waals surface area (Å²) in [6.07, 6.45) is -1.46. The molecule has 0 aromatic heterocycles. The Morgan fingerprint density at radius 3 is 1.20 bits per heavy atom. The van der Waals surface area contributed by atoms with E-state index in [0.717, 1.165) is 5.56 Å². The summed E-state index contributed by atoms with van der Waals surface area (Å²) in [5.41, 5.74) is -0.987. The van der Waals surface area contributed by atoms with E-state index in [-0.39, 0.29) is 13.2 Å². The molecule has 0 aliphatic heterocycles. The third-order valence-corrected chi connectivity index (χ3v) is 6.27. The fourth-order valence-electron chi connectivity index (χ4n) is 3.03. The Kier molecular flexibility index (Phi) is 16.0. The summed E-state index contributed by atoms with van der Waals surface area (Å²) in [4.78, 5) is 70.2. The molecule has 0 saturated carbocycles. The Balaban J connectivity index is 2.87. The van der Waals surface area contributed by atoms with Gasteiger partial charge in [0.25, 0.3) is 0 Å². The average Bonchev–Trinajstić information content (AvgIpc) is 2.94. The average molecular weight is 703 g/mol. The lowest BCUT2D eigenvalue weighted by atomic mass is 10.0.